The zero-order valence-corrected chi connectivity index (χ0v) is 13.3. The number of hydrogen-bond donors (Lipinski definition) is 1. The van der Waals surface area contributed by atoms with E-state index in [0.29, 0.717) is 6.10 Å². The Hall–Kier alpha value is -0.380. The molecule has 0 fully saturated rings. The van der Waals surface area contributed by atoms with Gasteiger partial charge in [-0.15, -0.1) is 11.3 Å². The normalized spacial score (nSPS) is 12.7. The van der Waals surface area contributed by atoms with Gasteiger partial charge in [-0.2, -0.15) is 0 Å². The summed E-state index contributed by atoms with van der Waals surface area (Å²) in [6.45, 7) is 7.29. The molecule has 0 aliphatic carbocycles. The van der Waals surface area contributed by atoms with Crippen LogP contribution in [-0.4, -0.2) is 25.8 Å². The molecule has 1 unspecified atom stereocenters. The Kier molecular flexibility index (Phi) is 10.0. The Morgan fingerprint density at radius 3 is 2.89 bits per heavy atom. The third-order valence-electron chi connectivity index (χ3n) is 3.27. The van der Waals surface area contributed by atoms with E-state index in [0.717, 1.165) is 26.1 Å². The molecule has 1 aromatic heterocycles. The summed E-state index contributed by atoms with van der Waals surface area (Å²) in [5.41, 5.74) is 0. The van der Waals surface area contributed by atoms with Crippen molar-refractivity contribution in [3.8, 4) is 0 Å². The lowest BCUT2D eigenvalue weighted by molar-refractivity contribution is 0.0605. The fourth-order valence-electron chi connectivity index (χ4n) is 2.07. The molecule has 0 spiro atoms. The summed E-state index contributed by atoms with van der Waals surface area (Å²) < 4.78 is 5.80. The van der Waals surface area contributed by atoms with E-state index in [1.54, 1.807) is 0 Å². The van der Waals surface area contributed by atoms with Gasteiger partial charge >= 0.3 is 0 Å². The van der Waals surface area contributed by atoms with E-state index in [9.17, 15) is 0 Å². The van der Waals surface area contributed by atoms with Crippen molar-refractivity contribution in [1.82, 2.24) is 5.32 Å². The molecule has 1 rings (SSSR count). The minimum atomic E-state index is 0.413. The van der Waals surface area contributed by atoms with Crippen LogP contribution in [0.15, 0.2) is 17.5 Å². The van der Waals surface area contributed by atoms with E-state index in [1.165, 1.54) is 37.0 Å². The monoisotopic (exact) mass is 283 g/mol. The molecule has 0 aromatic carbocycles. The summed E-state index contributed by atoms with van der Waals surface area (Å²) in [6.07, 6.45) is 8.07. The van der Waals surface area contributed by atoms with Gasteiger partial charge in [-0.25, -0.2) is 0 Å². The van der Waals surface area contributed by atoms with Gasteiger partial charge in [0.05, 0.1) is 12.7 Å². The second-order valence-corrected chi connectivity index (χ2v) is 6.14. The fourth-order valence-corrected chi connectivity index (χ4v) is 2.77. The van der Waals surface area contributed by atoms with Crippen LogP contribution in [0.3, 0.4) is 0 Å². The van der Waals surface area contributed by atoms with E-state index in [2.05, 4.69) is 36.7 Å². The molecule has 110 valence electrons. The van der Waals surface area contributed by atoms with Gasteiger partial charge in [0, 0.05) is 18.0 Å². The maximum absolute atomic E-state index is 5.80. The first-order chi connectivity index (χ1) is 9.33. The number of unbranched alkanes of at least 4 members (excludes halogenated alkanes) is 3. The quantitative estimate of drug-likeness (QED) is 0.579. The van der Waals surface area contributed by atoms with Crippen LogP contribution in [0.4, 0.5) is 0 Å². The van der Waals surface area contributed by atoms with Crippen LogP contribution >= 0.6 is 11.3 Å². The summed E-state index contributed by atoms with van der Waals surface area (Å²) in [4.78, 5) is 1.46. The van der Waals surface area contributed by atoms with Crippen LogP contribution in [-0.2, 0) is 11.2 Å². The smallest absolute Gasteiger partial charge is 0.0594 e. The van der Waals surface area contributed by atoms with Gasteiger partial charge in [-0.1, -0.05) is 38.7 Å². The molecule has 0 aliphatic heterocycles. The first-order valence-corrected chi connectivity index (χ1v) is 8.55. The van der Waals surface area contributed by atoms with Crippen molar-refractivity contribution < 1.29 is 4.74 Å². The molecule has 0 saturated heterocycles. The van der Waals surface area contributed by atoms with Gasteiger partial charge in [-0.3, -0.25) is 0 Å². The molecule has 0 amide bonds. The highest BCUT2D eigenvalue weighted by atomic mass is 32.1. The highest BCUT2D eigenvalue weighted by Crippen LogP contribution is 2.08. The van der Waals surface area contributed by atoms with Gasteiger partial charge in [0.1, 0.15) is 0 Å². The predicted molar refractivity (Wildman–Crippen MR) is 85.1 cm³/mol. The molecule has 0 saturated carbocycles. The van der Waals surface area contributed by atoms with Crippen LogP contribution in [0.2, 0.25) is 0 Å². The van der Waals surface area contributed by atoms with Crippen molar-refractivity contribution in [3.05, 3.63) is 22.4 Å². The Labute approximate surface area is 122 Å². The van der Waals surface area contributed by atoms with Crippen molar-refractivity contribution in [2.45, 2.75) is 58.5 Å². The third-order valence-corrected chi connectivity index (χ3v) is 4.21. The number of hydrogen-bond acceptors (Lipinski definition) is 3. The van der Waals surface area contributed by atoms with Gasteiger partial charge in [0.2, 0.25) is 0 Å². The molecule has 1 N–H and O–H groups in total. The molecule has 19 heavy (non-hydrogen) atoms. The molecule has 0 bridgehead atoms. The summed E-state index contributed by atoms with van der Waals surface area (Å²) in [7, 11) is 0. The zero-order chi connectivity index (χ0) is 13.8. The summed E-state index contributed by atoms with van der Waals surface area (Å²) in [6, 6.07) is 4.31. The molecule has 1 aromatic rings. The lowest BCUT2D eigenvalue weighted by Gasteiger charge is -2.13. The first-order valence-electron chi connectivity index (χ1n) is 7.67. The average Bonchev–Trinajstić information content (AvgIpc) is 2.92. The van der Waals surface area contributed by atoms with Crippen LogP contribution in [0.5, 0.6) is 0 Å². The number of thiophene rings is 1. The predicted octanol–water partition coefficient (Wildman–Crippen LogP) is 4.26. The first kappa shape index (κ1) is 16.7. The van der Waals surface area contributed by atoms with E-state index < -0.39 is 0 Å². The second-order valence-electron chi connectivity index (χ2n) is 5.11. The van der Waals surface area contributed by atoms with Crippen LogP contribution < -0.4 is 5.32 Å². The van der Waals surface area contributed by atoms with E-state index in [1.807, 2.05) is 11.3 Å². The van der Waals surface area contributed by atoms with Crippen molar-refractivity contribution in [1.29, 1.82) is 0 Å². The van der Waals surface area contributed by atoms with Crippen LogP contribution in [0.1, 0.15) is 50.8 Å². The molecule has 2 nitrogen and oxygen atoms in total. The van der Waals surface area contributed by atoms with Gasteiger partial charge in [0.15, 0.2) is 0 Å². The number of nitrogens with one attached hydrogen (secondary N) is 1. The minimum Gasteiger partial charge on any atom is -0.377 e. The number of ether oxygens (including phenoxy) is 1. The Balaban J connectivity index is 1.84. The molecular weight excluding hydrogens is 254 g/mol. The second kappa shape index (κ2) is 11.4. The molecule has 0 radical (unpaired) electrons. The maximum atomic E-state index is 5.80. The standard InChI is InChI=1S/C16H29NOS/c1-3-4-5-6-8-15(2)18-13-12-17-11-10-16-9-7-14-19-16/h7,9,14-15,17H,3-6,8,10-13H2,1-2H3. The van der Waals surface area contributed by atoms with E-state index in [4.69, 9.17) is 4.74 Å². The SMILES string of the molecule is CCCCCCC(C)OCCNCCc1cccs1. The van der Waals surface area contributed by atoms with E-state index in [-0.39, 0.29) is 0 Å². The molecule has 3 heteroatoms. The highest BCUT2D eigenvalue weighted by Gasteiger charge is 2.01. The molecular formula is C16H29NOS. The summed E-state index contributed by atoms with van der Waals surface area (Å²) in [5.74, 6) is 0. The van der Waals surface area contributed by atoms with Crippen molar-refractivity contribution in [3.63, 3.8) is 0 Å². The van der Waals surface area contributed by atoms with Crippen molar-refractivity contribution in [2.75, 3.05) is 19.7 Å². The van der Waals surface area contributed by atoms with Crippen LogP contribution in [0, 0.1) is 0 Å². The maximum Gasteiger partial charge on any atom is 0.0594 e. The molecule has 1 heterocycles. The average molecular weight is 283 g/mol. The largest absolute Gasteiger partial charge is 0.377 e. The summed E-state index contributed by atoms with van der Waals surface area (Å²) >= 11 is 1.83. The molecule has 0 aliphatic rings. The van der Waals surface area contributed by atoms with E-state index >= 15 is 0 Å². The van der Waals surface area contributed by atoms with Crippen molar-refractivity contribution >= 4 is 11.3 Å². The lowest BCUT2D eigenvalue weighted by atomic mass is 10.1. The Bertz CT molecular complexity index is 287. The minimum absolute atomic E-state index is 0.413. The molecule has 1 atom stereocenters. The Morgan fingerprint density at radius 2 is 2.16 bits per heavy atom. The van der Waals surface area contributed by atoms with Gasteiger partial charge < -0.3 is 10.1 Å². The number of rotatable bonds is 12. The fraction of sp³-hybridized carbons (Fsp3) is 0.750. The van der Waals surface area contributed by atoms with Gasteiger partial charge in [-0.05, 0) is 31.2 Å². The third kappa shape index (κ3) is 9.20. The topological polar surface area (TPSA) is 21.3 Å². The lowest BCUT2D eigenvalue weighted by Crippen LogP contribution is -2.24. The van der Waals surface area contributed by atoms with Crippen LogP contribution in [0.25, 0.3) is 0 Å². The van der Waals surface area contributed by atoms with Crippen molar-refractivity contribution in [2.24, 2.45) is 0 Å². The summed E-state index contributed by atoms with van der Waals surface area (Å²) in [5, 5.41) is 5.57. The highest BCUT2D eigenvalue weighted by molar-refractivity contribution is 7.09. The van der Waals surface area contributed by atoms with Gasteiger partial charge in [0.25, 0.3) is 0 Å². The zero-order valence-electron chi connectivity index (χ0n) is 12.5. The Morgan fingerprint density at radius 1 is 1.26 bits per heavy atom.